The van der Waals surface area contributed by atoms with Crippen LogP contribution in [0.5, 0.6) is 0 Å². The van der Waals surface area contributed by atoms with Crippen molar-refractivity contribution in [1.82, 2.24) is 25.4 Å². The van der Waals surface area contributed by atoms with Gasteiger partial charge in [0.15, 0.2) is 11.8 Å². The second-order valence-corrected chi connectivity index (χ2v) is 7.80. The lowest BCUT2D eigenvalue weighted by Crippen LogP contribution is -2.48. The van der Waals surface area contributed by atoms with Gasteiger partial charge in [0, 0.05) is 58.1 Å². The van der Waals surface area contributed by atoms with Crippen LogP contribution in [0.3, 0.4) is 0 Å². The van der Waals surface area contributed by atoms with Crippen LogP contribution in [0.1, 0.15) is 57.6 Å². The smallest absolute Gasteiger partial charge is 0.191 e. The molecule has 0 spiro atoms. The van der Waals surface area contributed by atoms with E-state index < -0.39 is 0 Å². The van der Waals surface area contributed by atoms with Crippen LogP contribution in [-0.4, -0.2) is 65.8 Å². The molecule has 1 unspecified atom stereocenters. The summed E-state index contributed by atoms with van der Waals surface area (Å²) in [6.07, 6.45) is 3.74. The van der Waals surface area contributed by atoms with E-state index >= 15 is 0 Å². The molecule has 3 heterocycles. The summed E-state index contributed by atoms with van der Waals surface area (Å²) in [7, 11) is 1.78. The van der Waals surface area contributed by atoms with Crippen LogP contribution in [0.15, 0.2) is 4.99 Å². The van der Waals surface area contributed by atoms with Gasteiger partial charge in [-0.05, 0) is 13.3 Å². The quantitative estimate of drug-likeness (QED) is 0.576. The van der Waals surface area contributed by atoms with Crippen LogP contribution in [-0.2, 0) is 22.4 Å². The highest BCUT2D eigenvalue weighted by Gasteiger charge is 2.32. The molecule has 0 saturated carbocycles. The number of guanidine groups is 1. The molecule has 0 radical (unpaired) electrons. The number of aliphatic imine (C=N–C) groups is 1. The molecule has 0 aromatic carbocycles. The van der Waals surface area contributed by atoms with Crippen LogP contribution in [0.25, 0.3) is 0 Å². The van der Waals surface area contributed by atoms with Crippen LogP contribution < -0.4 is 10.6 Å². The number of aryl methyl sites for hydroxylation is 1. The van der Waals surface area contributed by atoms with Crippen molar-refractivity contribution in [1.29, 1.82) is 0 Å². The Morgan fingerprint density at radius 1 is 1.41 bits per heavy atom. The summed E-state index contributed by atoms with van der Waals surface area (Å²) < 4.78 is 13.3. The number of methoxy groups -OCH3 is 1. The molecule has 1 atom stereocenters. The fraction of sp³-hybridized carbons (Fsp3) is 0.842. The van der Waals surface area contributed by atoms with Gasteiger partial charge in [-0.25, -0.2) is 9.67 Å². The summed E-state index contributed by atoms with van der Waals surface area (Å²) in [6.45, 7) is 10.1. The molecule has 1 saturated heterocycles. The van der Waals surface area contributed by atoms with Gasteiger partial charge in [-0.15, -0.1) is 0 Å². The predicted octanol–water partition coefficient (Wildman–Crippen LogP) is 1.47. The Hall–Kier alpha value is -1.67. The molecule has 2 aliphatic heterocycles. The maximum absolute atomic E-state index is 5.80. The highest BCUT2D eigenvalue weighted by molar-refractivity contribution is 5.80. The molecule has 2 aliphatic rings. The van der Waals surface area contributed by atoms with Gasteiger partial charge >= 0.3 is 0 Å². The zero-order chi connectivity index (χ0) is 19.3. The number of nitrogens with one attached hydrogen (secondary N) is 2. The van der Waals surface area contributed by atoms with Crippen LogP contribution in [0, 0.1) is 0 Å². The maximum atomic E-state index is 5.80. The highest BCUT2D eigenvalue weighted by atomic mass is 16.5. The molecule has 152 valence electrons. The number of aromatic nitrogens is 3. The number of ether oxygens (including phenoxy) is 2. The van der Waals surface area contributed by atoms with Gasteiger partial charge in [-0.3, -0.25) is 4.99 Å². The van der Waals surface area contributed by atoms with E-state index in [4.69, 9.17) is 14.5 Å². The maximum Gasteiger partial charge on any atom is 0.191 e. The molecule has 3 rings (SSSR count). The van der Waals surface area contributed by atoms with Crippen LogP contribution >= 0.6 is 0 Å². The minimum Gasteiger partial charge on any atom is -0.381 e. The topological polar surface area (TPSA) is 85.6 Å². The third kappa shape index (κ3) is 4.99. The van der Waals surface area contributed by atoms with E-state index in [-0.39, 0.29) is 5.60 Å². The average Bonchev–Trinajstić information content (AvgIpc) is 3.11. The van der Waals surface area contributed by atoms with E-state index in [9.17, 15) is 0 Å². The number of rotatable bonds is 6. The third-order valence-corrected chi connectivity index (χ3v) is 5.44. The molecule has 1 fully saturated rings. The Bertz CT molecular complexity index is 636. The number of nitrogens with zero attached hydrogens (tertiary/aromatic N) is 4. The van der Waals surface area contributed by atoms with Crippen molar-refractivity contribution in [2.75, 3.05) is 33.4 Å². The van der Waals surface area contributed by atoms with E-state index in [2.05, 4.69) is 46.2 Å². The third-order valence-electron chi connectivity index (χ3n) is 5.44. The SMILES string of the molecule is CCNC(=NCC1(OC)CCOCC1)NC1CCc2nc(C(C)C)nn2C1. The number of hydrogen-bond donors (Lipinski definition) is 2. The molecular formula is C19H34N6O2. The van der Waals surface area contributed by atoms with Gasteiger partial charge in [-0.2, -0.15) is 5.10 Å². The minimum absolute atomic E-state index is 0.210. The monoisotopic (exact) mass is 378 g/mol. The Kier molecular flexibility index (Phi) is 6.70. The second-order valence-electron chi connectivity index (χ2n) is 7.80. The van der Waals surface area contributed by atoms with Crippen LogP contribution in [0.4, 0.5) is 0 Å². The van der Waals surface area contributed by atoms with Gasteiger partial charge < -0.3 is 20.1 Å². The van der Waals surface area contributed by atoms with Crippen molar-refractivity contribution in [3.8, 4) is 0 Å². The van der Waals surface area contributed by atoms with E-state index in [1.165, 1.54) is 0 Å². The zero-order valence-electron chi connectivity index (χ0n) is 17.1. The second kappa shape index (κ2) is 9.01. The summed E-state index contributed by atoms with van der Waals surface area (Å²) in [5.41, 5.74) is -0.210. The fourth-order valence-corrected chi connectivity index (χ4v) is 3.60. The summed E-state index contributed by atoms with van der Waals surface area (Å²) >= 11 is 0. The van der Waals surface area contributed by atoms with E-state index in [0.29, 0.717) is 18.5 Å². The first kappa shape index (κ1) is 20.1. The Morgan fingerprint density at radius 2 is 2.19 bits per heavy atom. The number of fused-ring (bicyclic) bond motifs is 1. The zero-order valence-corrected chi connectivity index (χ0v) is 17.1. The van der Waals surface area contributed by atoms with E-state index in [0.717, 1.165) is 69.6 Å². The summed E-state index contributed by atoms with van der Waals surface area (Å²) in [6, 6.07) is 0.296. The van der Waals surface area contributed by atoms with Gasteiger partial charge in [0.2, 0.25) is 0 Å². The van der Waals surface area contributed by atoms with Crippen LogP contribution in [0.2, 0.25) is 0 Å². The predicted molar refractivity (Wildman–Crippen MR) is 105 cm³/mol. The molecule has 1 aromatic heterocycles. The molecule has 0 aliphatic carbocycles. The molecule has 27 heavy (non-hydrogen) atoms. The largest absolute Gasteiger partial charge is 0.381 e. The van der Waals surface area contributed by atoms with Crippen molar-refractivity contribution in [2.45, 2.75) is 70.6 Å². The molecular weight excluding hydrogens is 344 g/mol. The van der Waals surface area contributed by atoms with Gasteiger partial charge in [-0.1, -0.05) is 13.8 Å². The molecule has 2 N–H and O–H groups in total. The Balaban J connectivity index is 1.63. The molecule has 8 heteroatoms. The lowest BCUT2D eigenvalue weighted by atomic mass is 9.94. The Morgan fingerprint density at radius 3 is 2.85 bits per heavy atom. The average molecular weight is 379 g/mol. The molecule has 1 aromatic rings. The molecule has 0 bridgehead atoms. The lowest BCUT2D eigenvalue weighted by molar-refractivity contribution is -0.0828. The molecule has 0 amide bonds. The Labute approximate surface area is 162 Å². The summed E-state index contributed by atoms with van der Waals surface area (Å²) in [5, 5.41) is 11.6. The first-order valence-electron chi connectivity index (χ1n) is 10.2. The van der Waals surface area contributed by atoms with E-state index in [1.807, 2.05) is 0 Å². The van der Waals surface area contributed by atoms with Crippen molar-refractivity contribution in [3.63, 3.8) is 0 Å². The highest BCUT2D eigenvalue weighted by Crippen LogP contribution is 2.24. The minimum atomic E-state index is -0.210. The lowest BCUT2D eigenvalue weighted by Gasteiger charge is -2.35. The number of hydrogen-bond acceptors (Lipinski definition) is 5. The van der Waals surface area contributed by atoms with E-state index in [1.54, 1.807) is 7.11 Å². The van der Waals surface area contributed by atoms with Crippen molar-refractivity contribution in [3.05, 3.63) is 11.6 Å². The normalized spacial score (nSPS) is 22.6. The van der Waals surface area contributed by atoms with Gasteiger partial charge in [0.25, 0.3) is 0 Å². The summed E-state index contributed by atoms with van der Waals surface area (Å²) in [5.74, 6) is 3.24. The first-order chi connectivity index (χ1) is 13.0. The summed E-state index contributed by atoms with van der Waals surface area (Å²) in [4.78, 5) is 9.50. The molecule has 8 nitrogen and oxygen atoms in total. The van der Waals surface area contributed by atoms with Crippen molar-refractivity contribution < 1.29 is 9.47 Å². The van der Waals surface area contributed by atoms with Crippen molar-refractivity contribution in [2.24, 2.45) is 4.99 Å². The van der Waals surface area contributed by atoms with Crippen molar-refractivity contribution >= 4 is 5.96 Å². The van der Waals surface area contributed by atoms with Gasteiger partial charge in [0.1, 0.15) is 5.82 Å². The standard InChI is InChI=1S/C19H34N6O2/c1-5-20-18(21-13-19(26-4)8-10-27-11-9-19)22-15-6-7-16-23-17(14(2)3)24-25(16)12-15/h14-15H,5-13H2,1-4H3,(H2,20,21,22). The first-order valence-corrected chi connectivity index (χ1v) is 10.2. The fourth-order valence-electron chi connectivity index (χ4n) is 3.60. The van der Waals surface area contributed by atoms with Gasteiger partial charge in [0.05, 0.1) is 18.7 Å².